The molecule has 3 heterocycles. The molecule has 30 heavy (non-hydrogen) atoms. The Bertz CT molecular complexity index is 1150. The molecule has 1 aliphatic rings. The smallest absolute Gasteiger partial charge is 0.243 e. The van der Waals surface area contributed by atoms with Crippen molar-refractivity contribution >= 4 is 27.4 Å². The van der Waals surface area contributed by atoms with E-state index in [2.05, 4.69) is 20.0 Å². The van der Waals surface area contributed by atoms with Crippen molar-refractivity contribution in [3.05, 3.63) is 53.6 Å². The number of halogens is 1. The largest absolute Gasteiger partial charge is 0.495 e. The second-order valence-electron chi connectivity index (χ2n) is 6.77. The van der Waals surface area contributed by atoms with Gasteiger partial charge in [0.15, 0.2) is 5.82 Å². The molecule has 2 aromatic heterocycles. The van der Waals surface area contributed by atoms with E-state index < -0.39 is 10.0 Å². The van der Waals surface area contributed by atoms with Gasteiger partial charge >= 0.3 is 0 Å². The Morgan fingerprint density at radius 1 is 1.07 bits per heavy atom. The molecule has 1 fully saturated rings. The van der Waals surface area contributed by atoms with Crippen LogP contribution in [-0.4, -0.2) is 65.8 Å². The number of hydrogen-bond acceptors (Lipinski definition) is 7. The third kappa shape index (κ3) is 3.98. The van der Waals surface area contributed by atoms with E-state index in [-0.39, 0.29) is 9.92 Å². The molecule has 4 rings (SSSR count). The van der Waals surface area contributed by atoms with E-state index in [0.29, 0.717) is 43.6 Å². The molecule has 0 aliphatic carbocycles. The van der Waals surface area contributed by atoms with Gasteiger partial charge in [0, 0.05) is 44.6 Å². The maximum absolute atomic E-state index is 13.0. The quantitative estimate of drug-likeness (QED) is 0.590. The first-order valence-electron chi connectivity index (χ1n) is 9.33. The lowest BCUT2D eigenvalue weighted by Gasteiger charge is -2.34. The van der Waals surface area contributed by atoms with Crippen LogP contribution >= 0.6 is 11.6 Å². The third-order valence-corrected chi connectivity index (χ3v) is 7.06. The molecule has 3 aromatic rings. The second kappa shape index (κ2) is 8.21. The number of aromatic nitrogens is 4. The molecule has 0 amide bonds. The average molecular weight is 449 g/mol. The molecule has 0 unspecified atom stereocenters. The number of piperazine rings is 1. The molecule has 0 atom stereocenters. The Kier molecular flexibility index (Phi) is 5.63. The van der Waals surface area contributed by atoms with Crippen LogP contribution in [0.1, 0.15) is 5.82 Å². The zero-order valence-electron chi connectivity index (χ0n) is 16.6. The first kappa shape index (κ1) is 20.6. The van der Waals surface area contributed by atoms with Crippen LogP contribution in [0.25, 0.3) is 5.82 Å². The lowest BCUT2D eigenvalue weighted by Crippen LogP contribution is -2.49. The number of aryl methyl sites for hydroxylation is 1. The van der Waals surface area contributed by atoms with Gasteiger partial charge in [-0.2, -0.15) is 9.40 Å². The number of methoxy groups -OCH3 is 1. The molecule has 158 valence electrons. The van der Waals surface area contributed by atoms with Gasteiger partial charge in [0.2, 0.25) is 10.0 Å². The van der Waals surface area contributed by atoms with E-state index >= 15 is 0 Å². The Labute approximate surface area is 179 Å². The summed E-state index contributed by atoms with van der Waals surface area (Å²) in [5, 5.41) is 4.48. The summed E-state index contributed by atoms with van der Waals surface area (Å²) < 4.78 is 34.3. The van der Waals surface area contributed by atoms with Crippen LogP contribution in [0.4, 0.5) is 5.82 Å². The summed E-state index contributed by atoms with van der Waals surface area (Å²) >= 11 is 6.11. The number of anilines is 1. The van der Waals surface area contributed by atoms with Crippen molar-refractivity contribution in [2.45, 2.75) is 11.8 Å². The molecule has 9 nitrogen and oxygen atoms in total. The number of rotatable bonds is 5. The highest BCUT2D eigenvalue weighted by Crippen LogP contribution is 2.29. The maximum atomic E-state index is 13.0. The van der Waals surface area contributed by atoms with E-state index in [1.54, 1.807) is 16.9 Å². The summed E-state index contributed by atoms with van der Waals surface area (Å²) in [4.78, 5) is 11.1. The normalized spacial score (nSPS) is 15.4. The zero-order valence-corrected chi connectivity index (χ0v) is 18.1. The summed E-state index contributed by atoms with van der Waals surface area (Å²) in [6.07, 6.45) is 3.50. The minimum absolute atomic E-state index is 0.153. The lowest BCUT2D eigenvalue weighted by atomic mass is 10.3. The van der Waals surface area contributed by atoms with Crippen molar-refractivity contribution in [1.82, 2.24) is 24.1 Å². The minimum atomic E-state index is -3.65. The first-order valence-corrected chi connectivity index (χ1v) is 11.1. The number of benzene rings is 1. The van der Waals surface area contributed by atoms with Gasteiger partial charge in [0.25, 0.3) is 0 Å². The fourth-order valence-corrected chi connectivity index (χ4v) is 5.11. The number of hydrogen-bond donors (Lipinski definition) is 0. The predicted octanol–water partition coefficient (Wildman–Crippen LogP) is 2.14. The van der Waals surface area contributed by atoms with E-state index in [9.17, 15) is 8.42 Å². The number of ether oxygens (including phenoxy) is 1. The Morgan fingerprint density at radius 2 is 1.80 bits per heavy atom. The van der Waals surface area contributed by atoms with Gasteiger partial charge in [-0.3, -0.25) is 0 Å². The molecular formula is C19H21ClN6O3S. The van der Waals surface area contributed by atoms with E-state index in [4.69, 9.17) is 16.3 Å². The fourth-order valence-electron chi connectivity index (χ4n) is 3.33. The highest BCUT2D eigenvalue weighted by Gasteiger charge is 2.29. The predicted molar refractivity (Wildman–Crippen MR) is 113 cm³/mol. The summed E-state index contributed by atoms with van der Waals surface area (Å²) in [6, 6.07) is 8.17. The second-order valence-corrected chi connectivity index (χ2v) is 9.11. The standard InChI is InChI=1S/C19H21ClN6O3S/c1-14-22-18(13-19(23-14)26-7-3-6-21-26)24-8-10-25(11-9-24)30(27,28)15-4-5-17(29-2)16(20)12-15/h3-7,12-13H,8-11H2,1-2H3. The van der Waals surface area contributed by atoms with Crippen molar-refractivity contribution in [3.8, 4) is 11.6 Å². The van der Waals surface area contributed by atoms with Crippen LogP contribution in [0.2, 0.25) is 5.02 Å². The van der Waals surface area contributed by atoms with Gasteiger partial charge in [-0.05, 0) is 31.2 Å². The molecule has 1 aromatic carbocycles. The first-order chi connectivity index (χ1) is 14.4. The fraction of sp³-hybridized carbons (Fsp3) is 0.316. The van der Waals surface area contributed by atoms with Gasteiger partial charge in [-0.25, -0.2) is 23.1 Å². The maximum Gasteiger partial charge on any atom is 0.243 e. The molecule has 0 bridgehead atoms. The van der Waals surface area contributed by atoms with Crippen LogP contribution < -0.4 is 9.64 Å². The van der Waals surface area contributed by atoms with Crippen molar-refractivity contribution < 1.29 is 13.2 Å². The number of nitrogens with zero attached hydrogens (tertiary/aromatic N) is 6. The van der Waals surface area contributed by atoms with Gasteiger partial charge in [0.05, 0.1) is 17.0 Å². The molecular weight excluding hydrogens is 428 g/mol. The Balaban J connectivity index is 1.51. The van der Waals surface area contributed by atoms with Crippen LogP contribution in [0.5, 0.6) is 5.75 Å². The van der Waals surface area contributed by atoms with Gasteiger partial charge in [0.1, 0.15) is 17.4 Å². The van der Waals surface area contributed by atoms with Crippen molar-refractivity contribution in [2.24, 2.45) is 0 Å². The summed E-state index contributed by atoms with van der Waals surface area (Å²) in [7, 11) is -2.16. The van der Waals surface area contributed by atoms with Crippen molar-refractivity contribution in [2.75, 3.05) is 38.2 Å². The van der Waals surface area contributed by atoms with Gasteiger partial charge in [-0.1, -0.05) is 11.6 Å². The summed E-state index contributed by atoms with van der Waals surface area (Å²) in [5.41, 5.74) is 0. The minimum Gasteiger partial charge on any atom is -0.495 e. The third-order valence-electron chi connectivity index (χ3n) is 4.87. The monoisotopic (exact) mass is 448 g/mol. The Hall–Kier alpha value is -2.69. The SMILES string of the molecule is COc1ccc(S(=O)(=O)N2CCN(c3cc(-n4cccn4)nc(C)n3)CC2)cc1Cl. The van der Waals surface area contributed by atoms with Crippen LogP contribution in [0, 0.1) is 6.92 Å². The molecule has 1 aliphatic heterocycles. The summed E-state index contributed by atoms with van der Waals surface area (Å²) in [5.74, 6) is 2.48. The van der Waals surface area contributed by atoms with E-state index in [1.807, 2.05) is 25.3 Å². The van der Waals surface area contributed by atoms with Crippen LogP contribution in [0.3, 0.4) is 0 Å². The van der Waals surface area contributed by atoms with Crippen molar-refractivity contribution in [1.29, 1.82) is 0 Å². The molecule has 0 N–H and O–H groups in total. The topological polar surface area (TPSA) is 93.5 Å². The molecule has 0 spiro atoms. The van der Waals surface area contributed by atoms with Crippen molar-refractivity contribution in [3.63, 3.8) is 0 Å². The molecule has 0 saturated carbocycles. The highest BCUT2D eigenvalue weighted by atomic mass is 35.5. The molecule has 11 heteroatoms. The van der Waals surface area contributed by atoms with Gasteiger partial charge in [-0.15, -0.1) is 0 Å². The molecule has 1 saturated heterocycles. The van der Waals surface area contributed by atoms with Gasteiger partial charge < -0.3 is 9.64 Å². The number of sulfonamides is 1. The van der Waals surface area contributed by atoms with Crippen LogP contribution in [-0.2, 0) is 10.0 Å². The van der Waals surface area contributed by atoms with E-state index in [1.165, 1.54) is 23.5 Å². The average Bonchev–Trinajstić information content (AvgIpc) is 3.28. The summed E-state index contributed by atoms with van der Waals surface area (Å²) in [6.45, 7) is 3.53. The Morgan fingerprint density at radius 3 is 2.43 bits per heavy atom. The lowest BCUT2D eigenvalue weighted by molar-refractivity contribution is 0.383. The van der Waals surface area contributed by atoms with Crippen LogP contribution in [0.15, 0.2) is 47.6 Å². The molecule has 0 radical (unpaired) electrons. The van der Waals surface area contributed by atoms with E-state index in [0.717, 1.165) is 5.82 Å². The highest BCUT2D eigenvalue weighted by molar-refractivity contribution is 7.89. The zero-order chi connectivity index (χ0) is 21.3.